The highest BCUT2D eigenvalue weighted by molar-refractivity contribution is 7.80. The first kappa shape index (κ1) is 15.2. The summed E-state index contributed by atoms with van der Waals surface area (Å²) in [5.74, 6) is 0. The fraction of sp³-hybridized carbons (Fsp3) is 0.933. The van der Waals surface area contributed by atoms with Gasteiger partial charge in [-0.1, -0.05) is 19.1 Å². The van der Waals surface area contributed by atoms with Crippen molar-refractivity contribution in [3.63, 3.8) is 0 Å². The zero-order chi connectivity index (χ0) is 14.5. The van der Waals surface area contributed by atoms with E-state index in [0.29, 0.717) is 11.0 Å². The minimum atomic E-state index is -0.0690. The lowest BCUT2D eigenvalue weighted by Crippen LogP contribution is -2.53. The Balaban J connectivity index is 2.04. The first-order chi connectivity index (χ1) is 8.56. The highest BCUT2D eigenvalue weighted by atomic mass is 32.1. The van der Waals surface area contributed by atoms with Crippen molar-refractivity contribution in [1.29, 1.82) is 0 Å². The molecule has 4 heteroatoms. The van der Waals surface area contributed by atoms with Crippen LogP contribution in [0, 0.1) is 5.41 Å². The van der Waals surface area contributed by atoms with E-state index in [2.05, 4.69) is 39.5 Å². The molecule has 2 N–H and O–H groups in total. The van der Waals surface area contributed by atoms with Crippen LogP contribution in [0.15, 0.2) is 0 Å². The lowest BCUT2D eigenvalue weighted by molar-refractivity contribution is -0.0832. The third kappa shape index (κ3) is 2.96. The van der Waals surface area contributed by atoms with Gasteiger partial charge in [0.25, 0.3) is 0 Å². The summed E-state index contributed by atoms with van der Waals surface area (Å²) in [6.45, 7) is 13.2. The third-order valence-corrected chi connectivity index (χ3v) is 5.46. The van der Waals surface area contributed by atoms with Gasteiger partial charge < -0.3 is 10.5 Å². The van der Waals surface area contributed by atoms with Crippen LogP contribution < -0.4 is 5.73 Å². The van der Waals surface area contributed by atoms with Gasteiger partial charge >= 0.3 is 0 Å². The highest BCUT2D eigenvalue weighted by Gasteiger charge is 2.49. The molecule has 3 nitrogen and oxygen atoms in total. The van der Waals surface area contributed by atoms with Crippen LogP contribution in [-0.2, 0) is 4.74 Å². The summed E-state index contributed by atoms with van der Waals surface area (Å²) in [6, 6.07) is 0.499. The Labute approximate surface area is 122 Å². The van der Waals surface area contributed by atoms with Crippen LogP contribution in [0.3, 0.4) is 0 Å². The number of likely N-dealkylation sites (tertiary alicyclic amines) is 1. The Morgan fingerprint density at radius 1 is 1.16 bits per heavy atom. The second kappa shape index (κ2) is 4.68. The summed E-state index contributed by atoms with van der Waals surface area (Å²) in [5, 5.41) is 0. The molecule has 0 bridgehead atoms. The van der Waals surface area contributed by atoms with Crippen molar-refractivity contribution in [2.45, 2.75) is 71.1 Å². The van der Waals surface area contributed by atoms with E-state index in [1.807, 2.05) is 0 Å². The van der Waals surface area contributed by atoms with Gasteiger partial charge in [-0.3, -0.25) is 4.90 Å². The van der Waals surface area contributed by atoms with Crippen LogP contribution >= 0.6 is 12.2 Å². The Kier molecular flexibility index (Phi) is 3.74. The van der Waals surface area contributed by atoms with Crippen LogP contribution in [0.4, 0.5) is 0 Å². The van der Waals surface area contributed by atoms with Gasteiger partial charge in [0.15, 0.2) is 0 Å². The van der Waals surface area contributed by atoms with Crippen molar-refractivity contribution in [2.75, 3.05) is 13.1 Å². The number of nitrogens with zero attached hydrogens (tertiary/aromatic N) is 1. The maximum atomic E-state index is 6.21. The standard InChI is InChI=1S/C15H28N2OS/c1-13(2)10-11(14(3,4)18-13)17-8-6-15(5,7-9-17)12(16)19/h11H,6-10H2,1-5H3,(H2,16,19). The van der Waals surface area contributed by atoms with E-state index in [1.165, 1.54) is 0 Å². The summed E-state index contributed by atoms with van der Waals surface area (Å²) < 4.78 is 6.21. The van der Waals surface area contributed by atoms with Crippen molar-refractivity contribution in [3.05, 3.63) is 0 Å². The van der Waals surface area contributed by atoms with E-state index >= 15 is 0 Å². The number of ether oxygens (including phenoxy) is 1. The lowest BCUT2D eigenvalue weighted by Gasteiger charge is -2.44. The normalized spacial score (nSPS) is 33.2. The fourth-order valence-corrected chi connectivity index (χ4v) is 3.88. The number of hydrogen-bond acceptors (Lipinski definition) is 3. The summed E-state index contributed by atoms with van der Waals surface area (Å²) >= 11 is 5.22. The monoisotopic (exact) mass is 284 g/mol. The molecule has 2 aliphatic heterocycles. The van der Waals surface area contributed by atoms with Gasteiger partial charge in [0.05, 0.1) is 16.2 Å². The number of piperidine rings is 1. The average molecular weight is 284 g/mol. The third-order valence-electron chi connectivity index (χ3n) is 4.96. The van der Waals surface area contributed by atoms with E-state index in [-0.39, 0.29) is 16.6 Å². The number of rotatable bonds is 2. The zero-order valence-corrected chi connectivity index (χ0v) is 13.8. The molecule has 1 unspecified atom stereocenters. The Morgan fingerprint density at radius 3 is 2.05 bits per heavy atom. The summed E-state index contributed by atoms with van der Waals surface area (Å²) in [4.78, 5) is 3.25. The topological polar surface area (TPSA) is 38.5 Å². The van der Waals surface area contributed by atoms with Crippen LogP contribution in [0.1, 0.15) is 53.9 Å². The second-order valence-corrected chi connectivity index (χ2v) is 8.09. The summed E-state index contributed by atoms with van der Waals surface area (Å²) in [5.41, 5.74) is 5.85. The molecular weight excluding hydrogens is 256 g/mol. The van der Waals surface area contributed by atoms with Gasteiger partial charge in [0.2, 0.25) is 0 Å². The highest BCUT2D eigenvalue weighted by Crippen LogP contribution is 2.42. The first-order valence-electron chi connectivity index (χ1n) is 7.30. The Morgan fingerprint density at radius 2 is 1.68 bits per heavy atom. The molecule has 2 saturated heterocycles. The first-order valence-corrected chi connectivity index (χ1v) is 7.71. The number of hydrogen-bond donors (Lipinski definition) is 1. The molecule has 2 aliphatic rings. The molecule has 0 radical (unpaired) electrons. The molecule has 0 aromatic carbocycles. The molecule has 2 rings (SSSR count). The molecule has 0 spiro atoms. The van der Waals surface area contributed by atoms with Crippen LogP contribution in [0.2, 0.25) is 0 Å². The van der Waals surface area contributed by atoms with Gasteiger partial charge in [-0.15, -0.1) is 0 Å². The maximum absolute atomic E-state index is 6.21. The van der Waals surface area contributed by atoms with Crippen molar-refractivity contribution in [2.24, 2.45) is 11.1 Å². The van der Waals surface area contributed by atoms with Crippen LogP contribution in [-0.4, -0.2) is 40.2 Å². The van der Waals surface area contributed by atoms with Crippen molar-refractivity contribution in [3.8, 4) is 0 Å². The van der Waals surface area contributed by atoms with Gasteiger partial charge in [-0.05, 0) is 60.0 Å². The van der Waals surface area contributed by atoms with Gasteiger partial charge in [-0.25, -0.2) is 0 Å². The Bertz CT molecular complexity index is 370. The fourth-order valence-electron chi connectivity index (χ4n) is 3.68. The molecule has 0 aromatic heterocycles. The molecule has 0 aliphatic carbocycles. The largest absolute Gasteiger partial charge is 0.393 e. The predicted molar refractivity (Wildman–Crippen MR) is 83.3 cm³/mol. The molecular formula is C15H28N2OS. The van der Waals surface area contributed by atoms with E-state index < -0.39 is 0 Å². The molecule has 2 heterocycles. The SMILES string of the molecule is CC1(C)CC(N2CCC(C)(C(N)=S)CC2)C(C)(C)O1. The van der Waals surface area contributed by atoms with E-state index in [1.54, 1.807) is 0 Å². The quantitative estimate of drug-likeness (QED) is 0.791. The molecule has 19 heavy (non-hydrogen) atoms. The van der Waals surface area contributed by atoms with Crippen molar-refractivity contribution < 1.29 is 4.74 Å². The molecule has 110 valence electrons. The van der Waals surface area contributed by atoms with Crippen molar-refractivity contribution >= 4 is 17.2 Å². The summed E-state index contributed by atoms with van der Waals surface area (Å²) in [7, 11) is 0. The van der Waals surface area contributed by atoms with Gasteiger partial charge in [0.1, 0.15) is 0 Å². The minimum Gasteiger partial charge on any atom is -0.393 e. The maximum Gasteiger partial charge on any atom is 0.0789 e. The summed E-state index contributed by atoms with van der Waals surface area (Å²) in [6.07, 6.45) is 3.23. The van der Waals surface area contributed by atoms with Crippen LogP contribution in [0.5, 0.6) is 0 Å². The minimum absolute atomic E-state index is 0.0158. The predicted octanol–water partition coefficient (Wildman–Crippen LogP) is 2.72. The van der Waals surface area contributed by atoms with E-state index in [9.17, 15) is 0 Å². The number of thiocarbonyl (C=S) groups is 1. The second-order valence-electron chi connectivity index (χ2n) is 7.65. The Hall–Kier alpha value is -0.190. The number of nitrogens with two attached hydrogens (primary N) is 1. The van der Waals surface area contributed by atoms with Gasteiger partial charge in [-0.2, -0.15) is 0 Å². The van der Waals surface area contributed by atoms with Gasteiger partial charge in [0, 0.05) is 11.5 Å². The molecule has 0 amide bonds. The lowest BCUT2D eigenvalue weighted by atomic mass is 9.79. The zero-order valence-electron chi connectivity index (χ0n) is 13.0. The molecule has 2 fully saturated rings. The molecule has 0 saturated carbocycles. The van der Waals surface area contributed by atoms with E-state index in [4.69, 9.17) is 22.7 Å². The van der Waals surface area contributed by atoms with E-state index in [0.717, 1.165) is 32.4 Å². The molecule has 1 atom stereocenters. The van der Waals surface area contributed by atoms with Crippen molar-refractivity contribution in [1.82, 2.24) is 4.90 Å². The van der Waals surface area contributed by atoms with Crippen LogP contribution in [0.25, 0.3) is 0 Å². The average Bonchev–Trinajstić information content (AvgIpc) is 2.47. The molecule has 0 aromatic rings. The smallest absolute Gasteiger partial charge is 0.0789 e.